The zero-order valence-electron chi connectivity index (χ0n) is 10.4. The van der Waals surface area contributed by atoms with Gasteiger partial charge in [0, 0.05) is 13.7 Å². The lowest BCUT2D eigenvalue weighted by atomic mass is 10.1. The van der Waals surface area contributed by atoms with E-state index in [2.05, 4.69) is 0 Å². The number of ketones is 1. The predicted octanol–water partition coefficient (Wildman–Crippen LogP) is 1.60. The third kappa shape index (κ3) is 5.04. The van der Waals surface area contributed by atoms with E-state index < -0.39 is 38.6 Å². The molecule has 0 aliphatic carbocycles. The summed E-state index contributed by atoms with van der Waals surface area (Å²) in [6, 6.07) is 2.35. The minimum Gasteiger partial charge on any atom is -0.385 e. The van der Waals surface area contributed by atoms with E-state index in [1.54, 1.807) is 0 Å². The van der Waals surface area contributed by atoms with Crippen LogP contribution in [0.3, 0.4) is 0 Å². The smallest absolute Gasteiger partial charge is 0.180 e. The number of carbonyl (C=O) groups excluding carboxylic acids is 1. The predicted molar refractivity (Wildman–Crippen MR) is 65.8 cm³/mol. The van der Waals surface area contributed by atoms with Crippen molar-refractivity contribution in [1.29, 1.82) is 0 Å². The molecule has 0 bridgehead atoms. The molecular weight excluding hydrogens is 278 g/mol. The summed E-state index contributed by atoms with van der Waals surface area (Å²) in [7, 11) is -2.22. The molecule has 7 heteroatoms. The first kappa shape index (κ1) is 15.7. The maximum atomic E-state index is 13.3. The van der Waals surface area contributed by atoms with Crippen LogP contribution < -0.4 is 0 Å². The Labute approximate surface area is 110 Å². The number of hydrogen-bond acceptors (Lipinski definition) is 4. The molecule has 106 valence electrons. The monoisotopic (exact) mass is 292 g/mol. The average molecular weight is 292 g/mol. The van der Waals surface area contributed by atoms with Crippen molar-refractivity contribution in [1.82, 2.24) is 0 Å². The van der Waals surface area contributed by atoms with Gasteiger partial charge in [0.2, 0.25) is 0 Å². The van der Waals surface area contributed by atoms with Crippen LogP contribution in [0.1, 0.15) is 16.8 Å². The van der Waals surface area contributed by atoms with Gasteiger partial charge in [-0.1, -0.05) is 0 Å². The molecule has 0 heterocycles. The average Bonchev–Trinajstić information content (AvgIpc) is 2.31. The van der Waals surface area contributed by atoms with Gasteiger partial charge in [-0.3, -0.25) is 4.79 Å². The van der Waals surface area contributed by atoms with Gasteiger partial charge < -0.3 is 4.74 Å². The minimum absolute atomic E-state index is 0.233. The summed E-state index contributed by atoms with van der Waals surface area (Å²) < 4.78 is 54.1. The fraction of sp³-hybridized carbons (Fsp3) is 0.417. The molecule has 0 saturated carbocycles. The molecule has 0 N–H and O–H groups in total. The summed E-state index contributed by atoms with van der Waals surface area (Å²) in [5.74, 6) is -3.74. The van der Waals surface area contributed by atoms with Crippen LogP contribution in [0.5, 0.6) is 0 Å². The lowest BCUT2D eigenvalue weighted by Crippen LogP contribution is -2.20. The van der Waals surface area contributed by atoms with Gasteiger partial charge in [0.1, 0.15) is 17.4 Å². The van der Waals surface area contributed by atoms with E-state index in [0.29, 0.717) is 6.07 Å². The van der Waals surface area contributed by atoms with Gasteiger partial charge in [0.05, 0.1) is 11.3 Å². The van der Waals surface area contributed by atoms with E-state index in [-0.39, 0.29) is 18.8 Å². The van der Waals surface area contributed by atoms with Crippen LogP contribution in [0.25, 0.3) is 0 Å². The molecule has 4 nitrogen and oxygen atoms in total. The second kappa shape index (κ2) is 6.72. The molecule has 0 aromatic heterocycles. The summed E-state index contributed by atoms with van der Waals surface area (Å²) in [4.78, 5) is 11.6. The highest BCUT2D eigenvalue weighted by Crippen LogP contribution is 2.12. The summed E-state index contributed by atoms with van der Waals surface area (Å²) in [5, 5.41) is 0. The quantitative estimate of drug-likeness (QED) is 0.566. The van der Waals surface area contributed by atoms with Crippen molar-refractivity contribution in [3.8, 4) is 0 Å². The van der Waals surface area contributed by atoms with E-state index in [0.717, 1.165) is 12.1 Å². The van der Waals surface area contributed by atoms with Crippen molar-refractivity contribution in [2.75, 3.05) is 25.2 Å². The third-order valence-corrected chi connectivity index (χ3v) is 4.00. The summed E-state index contributed by atoms with van der Waals surface area (Å²) in [5.41, 5.74) is -0.546. The third-order valence-electron chi connectivity index (χ3n) is 2.38. The molecule has 1 aromatic carbocycles. The van der Waals surface area contributed by atoms with Crippen molar-refractivity contribution < 1.29 is 26.7 Å². The molecule has 1 aromatic rings. The van der Waals surface area contributed by atoms with Crippen LogP contribution in [-0.2, 0) is 14.6 Å². The molecule has 19 heavy (non-hydrogen) atoms. The summed E-state index contributed by atoms with van der Waals surface area (Å²) in [6.45, 7) is 0.252. The molecule has 0 aliphatic rings. The highest BCUT2D eigenvalue weighted by atomic mass is 32.2. The standard InChI is InChI=1S/C12H14F2O4S/c1-18-5-2-6-19(16,17)8-12(15)10-7-9(13)3-4-11(10)14/h3-4,7H,2,5-6,8H2,1H3. The van der Waals surface area contributed by atoms with Crippen LogP contribution in [-0.4, -0.2) is 39.4 Å². The number of benzene rings is 1. The van der Waals surface area contributed by atoms with Crippen molar-refractivity contribution in [2.45, 2.75) is 6.42 Å². The second-order valence-electron chi connectivity index (χ2n) is 3.99. The molecule has 0 saturated heterocycles. The van der Waals surface area contributed by atoms with E-state index in [1.165, 1.54) is 7.11 Å². The molecule has 0 amide bonds. The van der Waals surface area contributed by atoms with Crippen LogP contribution in [0.15, 0.2) is 18.2 Å². The van der Waals surface area contributed by atoms with Crippen LogP contribution in [0, 0.1) is 11.6 Å². The van der Waals surface area contributed by atoms with Gasteiger partial charge >= 0.3 is 0 Å². The van der Waals surface area contributed by atoms with Gasteiger partial charge in [0.25, 0.3) is 0 Å². The van der Waals surface area contributed by atoms with Crippen LogP contribution >= 0.6 is 0 Å². The molecule has 0 aliphatic heterocycles. The fourth-order valence-electron chi connectivity index (χ4n) is 1.48. The highest BCUT2D eigenvalue weighted by Gasteiger charge is 2.20. The van der Waals surface area contributed by atoms with E-state index in [9.17, 15) is 22.0 Å². The topological polar surface area (TPSA) is 60.4 Å². The first-order valence-corrected chi connectivity index (χ1v) is 7.35. The summed E-state index contributed by atoms with van der Waals surface area (Å²) in [6.07, 6.45) is 0.248. The van der Waals surface area contributed by atoms with E-state index in [4.69, 9.17) is 4.74 Å². The van der Waals surface area contributed by atoms with E-state index in [1.807, 2.05) is 0 Å². The first-order chi connectivity index (χ1) is 8.85. The van der Waals surface area contributed by atoms with Crippen molar-refractivity contribution in [3.63, 3.8) is 0 Å². The van der Waals surface area contributed by atoms with Gasteiger partial charge in [0.15, 0.2) is 15.6 Å². The Kier molecular flexibility index (Phi) is 5.56. The molecule has 0 unspecified atom stereocenters. The molecule has 0 spiro atoms. The summed E-state index contributed by atoms with van der Waals surface area (Å²) >= 11 is 0. The number of rotatable bonds is 7. The lowest BCUT2D eigenvalue weighted by Gasteiger charge is -2.05. The molecule has 1 rings (SSSR count). The molecule has 0 radical (unpaired) electrons. The SMILES string of the molecule is COCCCS(=O)(=O)CC(=O)c1cc(F)ccc1F. The first-order valence-electron chi connectivity index (χ1n) is 5.53. The zero-order valence-corrected chi connectivity index (χ0v) is 11.2. The number of sulfone groups is 1. The van der Waals surface area contributed by atoms with Crippen LogP contribution in [0.4, 0.5) is 8.78 Å². The Bertz CT molecular complexity index is 555. The number of hydrogen-bond donors (Lipinski definition) is 0. The van der Waals surface area contributed by atoms with Gasteiger partial charge in [-0.05, 0) is 24.6 Å². The van der Waals surface area contributed by atoms with Gasteiger partial charge in [-0.2, -0.15) is 0 Å². The fourth-order valence-corrected chi connectivity index (χ4v) is 2.74. The van der Waals surface area contributed by atoms with Crippen molar-refractivity contribution >= 4 is 15.6 Å². The largest absolute Gasteiger partial charge is 0.385 e. The number of ether oxygens (including phenoxy) is 1. The van der Waals surface area contributed by atoms with Crippen molar-refractivity contribution in [2.24, 2.45) is 0 Å². The van der Waals surface area contributed by atoms with Crippen molar-refractivity contribution in [3.05, 3.63) is 35.4 Å². The number of halogens is 2. The normalized spacial score (nSPS) is 11.5. The van der Waals surface area contributed by atoms with E-state index >= 15 is 0 Å². The van der Waals surface area contributed by atoms with Crippen LogP contribution in [0.2, 0.25) is 0 Å². The maximum absolute atomic E-state index is 13.3. The molecule has 0 atom stereocenters. The molecule has 0 fully saturated rings. The number of methoxy groups -OCH3 is 1. The van der Waals surface area contributed by atoms with Gasteiger partial charge in [-0.15, -0.1) is 0 Å². The molecular formula is C12H14F2O4S. The number of carbonyl (C=O) groups is 1. The Morgan fingerprint density at radius 2 is 2.00 bits per heavy atom. The Balaban J connectivity index is 2.76. The second-order valence-corrected chi connectivity index (χ2v) is 6.17. The lowest BCUT2D eigenvalue weighted by molar-refractivity contribution is 0.101. The Morgan fingerprint density at radius 3 is 2.63 bits per heavy atom. The Hall–Kier alpha value is -1.34. The Morgan fingerprint density at radius 1 is 1.32 bits per heavy atom. The minimum atomic E-state index is -3.65. The highest BCUT2D eigenvalue weighted by molar-refractivity contribution is 7.92. The maximum Gasteiger partial charge on any atom is 0.180 e. The van der Waals surface area contributed by atoms with Gasteiger partial charge in [-0.25, -0.2) is 17.2 Å². The number of Topliss-reactive ketones (excluding diaryl/α,β-unsaturated/α-hetero) is 1. The zero-order chi connectivity index (χ0) is 14.5.